The van der Waals surface area contributed by atoms with E-state index in [1.54, 1.807) is 12.1 Å². The molecule has 0 aromatic heterocycles. The minimum Gasteiger partial charge on any atom is -0.459 e. The zero-order chi connectivity index (χ0) is 24.2. The van der Waals surface area contributed by atoms with Gasteiger partial charge in [0.2, 0.25) is 6.29 Å². The van der Waals surface area contributed by atoms with Crippen molar-refractivity contribution in [3.05, 3.63) is 72.0 Å². The molecule has 0 aliphatic carbocycles. The molecular formula is C26H34N2O6. The molecule has 1 heterocycles. The van der Waals surface area contributed by atoms with Gasteiger partial charge in [0.15, 0.2) is 5.76 Å². The number of ether oxygens (including phenoxy) is 4. The zero-order valence-corrected chi connectivity index (χ0v) is 19.5. The lowest BCUT2D eigenvalue weighted by Gasteiger charge is -2.37. The average molecular weight is 471 g/mol. The van der Waals surface area contributed by atoms with Gasteiger partial charge in [0, 0.05) is 25.0 Å². The molecule has 3 atom stereocenters. The summed E-state index contributed by atoms with van der Waals surface area (Å²) in [6.45, 7) is 3.98. The Morgan fingerprint density at radius 2 is 1.74 bits per heavy atom. The third-order valence-electron chi connectivity index (χ3n) is 5.54. The van der Waals surface area contributed by atoms with E-state index in [1.807, 2.05) is 55.5 Å². The van der Waals surface area contributed by atoms with Crippen molar-refractivity contribution in [3.63, 3.8) is 0 Å². The number of aliphatic hydroxyl groups is 1. The predicted molar refractivity (Wildman–Crippen MR) is 130 cm³/mol. The van der Waals surface area contributed by atoms with Gasteiger partial charge >= 0.3 is 0 Å². The van der Waals surface area contributed by atoms with E-state index in [2.05, 4.69) is 5.32 Å². The summed E-state index contributed by atoms with van der Waals surface area (Å²) in [7, 11) is 0. The lowest BCUT2D eigenvalue weighted by molar-refractivity contribution is -0.166. The number of rotatable bonds is 13. The topological polar surface area (TPSA) is 112 Å². The average Bonchev–Trinajstić information content (AvgIpc) is 2.86. The largest absolute Gasteiger partial charge is 0.459 e. The van der Waals surface area contributed by atoms with Gasteiger partial charge in [-0.3, -0.25) is 4.79 Å². The number of hydrogen-bond acceptors (Lipinski definition) is 7. The molecule has 3 rings (SSSR count). The Hall–Kier alpha value is -2.91. The van der Waals surface area contributed by atoms with Crippen LogP contribution < -0.4 is 11.1 Å². The predicted octanol–water partition coefficient (Wildman–Crippen LogP) is 3.30. The summed E-state index contributed by atoms with van der Waals surface area (Å²) < 4.78 is 23.0. The highest BCUT2D eigenvalue weighted by Crippen LogP contribution is 2.39. The van der Waals surface area contributed by atoms with Crippen LogP contribution in [0.1, 0.15) is 24.8 Å². The fourth-order valence-electron chi connectivity index (χ4n) is 3.89. The third-order valence-corrected chi connectivity index (χ3v) is 5.54. The second-order valence-electron chi connectivity index (χ2n) is 7.85. The second kappa shape index (κ2) is 13.7. The fourth-order valence-corrected chi connectivity index (χ4v) is 3.89. The van der Waals surface area contributed by atoms with Crippen molar-refractivity contribution < 1.29 is 28.8 Å². The first-order chi connectivity index (χ1) is 16.6. The lowest BCUT2D eigenvalue weighted by atomic mass is 9.81. The van der Waals surface area contributed by atoms with Crippen molar-refractivity contribution in [2.75, 3.05) is 50.7 Å². The number of nitrogens with two attached hydrogens (primary N) is 1. The van der Waals surface area contributed by atoms with Crippen LogP contribution in [0.4, 0.5) is 11.4 Å². The van der Waals surface area contributed by atoms with E-state index in [9.17, 15) is 4.79 Å². The van der Waals surface area contributed by atoms with Crippen LogP contribution in [0.2, 0.25) is 0 Å². The molecule has 1 aliphatic heterocycles. The number of nitrogen functional groups attached to an aromatic ring is 1. The van der Waals surface area contributed by atoms with Gasteiger partial charge in [-0.2, -0.15) is 0 Å². The molecule has 0 fully saturated rings. The van der Waals surface area contributed by atoms with Crippen LogP contribution >= 0.6 is 0 Å². The molecule has 34 heavy (non-hydrogen) atoms. The van der Waals surface area contributed by atoms with Gasteiger partial charge in [-0.25, -0.2) is 0 Å². The summed E-state index contributed by atoms with van der Waals surface area (Å²) in [5, 5.41) is 11.6. The molecule has 0 radical (unpaired) electrons. The van der Waals surface area contributed by atoms with Crippen molar-refractivity contribution in [1.29, 1.82) is 0 Å². The van der Waals surface area contributed by atoms with E-state index >= 15 is 0 Å². The number of nitrogens with one attached hydrogen (secondary N) is 1. The van der Waals surface area contributed by atoms with Crippen LogP contribution in [0.3, 0.4) is 0 Å². The number of allylic oxidation sites excluding steroid dienone is 1. The number of para-hydroxylation sites is 2. The first-order valence-electron chi connectivity index (χ1n) is 11.6. The molecule has 0 bridgehead atoms. The highest BCUT2D eigenvalue weighted by molar-refractivity contribution is 6.04. The van der Waals surface area contributed by atoms with Crippen LogP contribution in [-0.2, 0) is 23.7 Å². The van der Waals surface area contributed by atoms with E-state index in [0.717, 1.165) is 5.56 Å². The molecule has 8 heteroatoms. The van der Waals surface area contributed by atoms with Crippen LogP contribution in [0.25, 0.3) is 0 Å². The minimum absolute atomic E-state index is 0.00663. The van der Waals surface area contributed by atoms with Crippen LogP contribution in [0, 0.1) is 5.92 Å². The van der Waals surface area contributed by atoms with Gasteiger partial charge in [0.1, 0.15) is 0 Å². The summed E-state index contributed by atoms with van der Waals surface area (Å²) in [5.41, 5.74) is 8.06. The molecule has 0 saturated heterocycles. The maximum absolute atomic E-state index is 13.1. The third kappa shape index (κ3) is 7.30. The standard InChI is InChI=1S/C26H34N2O6/c1-2-33-26-20(12-14-31-16-17-32-15-13-29)21(19-8-4-3-5-9-19)18-24(34-26)25(30)28-23-11-7-6-10-22(23)27/h3-11,18,20-21,26,29H,2,12-17,27H2,1H3,(H,28,30)/t20-,21-,26-/m0/s1. The number of hydrogen-bond donors (Lipinski definition) is 3. The van der Waals surface area contributed by atoms with E-state index < -0.39 is 6.29 Å². The van der Waals surface area contributed by atoms with Gasteiger partial charge in [-0.15, -0.1) is 0 Å². The Morgan fingerprint density at radius 1 is 1.03 bits per heavy atom. The highest BCUT2D eigenvalue weighted by atomic mass is 16.7. The Kier molecular flexibility index (Phi) is 10.4. The molecule has 2 aromatic carbocycles. The summed E-state index contributed by atoms with van der Waals surface area (Å²) in [4.78, 5) is 13.1. The number of amides is 1. The normalized spacial score (nSPS) is 19.8. The maximum Gasteiger partial charge on any atom is 0.290 e. The first kappa shape index (κ1) is 25.7. The maximum atomic E-state index is 13.1. The summed E-state index contributed by atoms with van der Waals surface area (Å²) in [5.74, 6) is -0.335. The zero-order valence-electron chi connectivity index (χ0n) is 19.5. The molecule has 1 amide bonds. The van der Waals surface area contributed by atoms with Crippen LogP contribution in [0.5, 0.6) is 0 Å². The molecule has 8 nitrogen and oxygen atoms in total. The van der Waals surface area contributed by atoms with Crippen LogP contribution in [-0.4, -0.2) is 56.9 Å². The number of benzene rings is 2. The molecular weight excluding hydrogens is 436 g/mol. The Bertz CT molecular complexity index is 921. The highest BCUT2D eigenvalue weighted by Gasteiger charge is 2.38. The number of anilines is 2. The first-order valence-corrected chi connectivity index (χ1v) is 11.6. The number of aliphatic hydroxyl groups excluding tert-OH is 1. The van der Waals surface area contributed by atoms with Crippen LogP contribution in [0.15, 0.2) is 66.4 Å². The molecule has 0 saturated carbocycles. The van der Waals surface area contributed by atoms with E-state index in [-0.39, 0.29) is 30.1 Å². The monoisotopic (exact) mass is 470 g/mol. The second-order valence-corrected chi connectivity index (χ2v) is 7.85. The quantitative estimate of drug-likeness (QED) is 0.304. The van der Waals surface area contributed by atoms with Crippen molar-refractivity contribution in [1.82, 2.24) is 0 Å². The van der Waals surface area contributed by atoms with E-state index in [1.165, 1.54) is 0 Å². The number of carbonyl (C=O) groups excluding carboxylic acids is 1. The number of carbonyl (C=O) groups is 1. The summed E-state index contributed by atoms with van der Waals surface area (Å²) in [6, 6.07) is 17.1. The van der Waals surface area contributed by atoms with E-state index in [4.69, 9.17) is 29.8 Å². The van der Waals surface area contributed by atoms with Crippen molar-refractivity contribution in [2.24, 2.45) is 5.92 Å². The summed E-state index contributed by atoms with van der Waals surface area (Å²) >= 11 is 0. The molecule has 4 N–H and O–H groups in total. The lowest BCUT2D eigenvalue weighted by Crippen LogP contribution is -2.38. The molecule has 0 unspecified atom stereocenters. The molecule has 0 spiro atoms. The summed E-state index contributed by atoms with van der Waals surface area (Å²) in [6.07, 6.45) is 1.92. The van der Waals surface area contributed by atoms with Gasteiger partial charge in [0.05, 0.1) is 37.8 Å². The molecule has 184 valence electrons. The smallest absolute Gasteiger partial charge is 0.290 e. The van der Waals surface area contributed by atoms with Gasteiger partial charge in [-0.1, -0.05) is 42.5 Å². The Labute approximate surface area is 200 Å². The minimum atomic E-state index is -0.608. The Balaban J connectivity index is 1.77. The molecule has 2 aromatic rings. The van der Waals surface area contributed by atoms with Crippen molar-refractivity contribution in [2.45, 2.75) is 25.6 Å². The van der Waals surface area contributed by atoms with Crippen molar-refractivity contribution in [3.8, 4) is 0 Å². The van der Waals surface area contributed by atoms with Gasteiger partial charge in [-0.05, 0) is 37.1 Å². The van der Waals surface area contributed by atoms with Gasteiger partial charge in [0.25, 0.3) is 5.91 Å². The van der Waals surface area contributed by atoms with E-state index in [0.29, 0.717) is 50.8 Å². The molecule has 1 aliphatic rings. The fraction of sp³-hybridized carbons (Fsp3) is 0.423. The SMILES string of the molecule is CCO[C@H]1OC(C(=O)Nc2ccccc2N)=C[C@@H](c2ccccc2)[C@@H]1CCOCCOCCO. The van der Waals surface area contributed by atoms with Gasteiger partial charge < -0.3 is 35.1 Å². The Morgan fingerprint density at radius 3 is 2.44 bits per heavy atom. The van der Waals surface area contributed by atoms with Crippen molar-refractivity contribution >= 4 is 17.3 Å².